The second kappa shape index (κ2) is 10.8. The van der Waals surface area contributed by atoms with Gasteiger partial charge in [0.2, 0.25) is 5.89 Å². The maximum absolute atomic E-state index is 14.3. The second-order valence-corrected chi connectivity index (χ2v) is 12.2. The van der Waals surface area contributed by atoms with E-state index in [-0.39, 0.29) is 36.3 Å². The average Bonchev–Trinajstić information content (AvgIpc) is 3.75. The monoisotopic (exact) mass is 573 g/mol. The first-order valence-electron chi connectivity index (χ1n) is 13.6. The number of rotatable bonds is 3. The molecule has 4 unspecified atom stereocenters. The summed E-state index contributed by atoms with van der Waals surface area (Å²) in [6.45, 7) is 7.36. The van der Waals surface area contributed by atoms with Gasteiger partial charge in [-0.1, -0.05) is 27.7 Å². The van der Waals surface area contributed by atoms with Gasteiger partial charge in [-0.3, -0.25) is 9.59 Å². The van der Waals surface area contributed by atoms with Gasteiger partial charge >= 0.3 is 12.1 Å². The van der Waals surface area contributed by atoms with Crippen molar-refractivity contribution in [1.29, 1.82) is 0 Å². The lowest BCUT2D eigenvalue weighted by molar-refractivity contribution is -0.187. The number of esters is 1. The highest BCUT2D eigenvalue weighted by Gasteiger charge is 2.74. The molecule has 4 rings (SSSR count). The summed E-state index contributed by atoms with van der Waals surface area (Å²) in [5.41, 5.74) is -3.16. The molecule has 0 spiro atoms. The number of epoxide rings is 1. The number of aliphatic hydroxyl groups excluding tert-OH is 3. The van der Waals surface area contributed by atoms with Crippen LogP contribution >= 0.6 is 0 Å². The van der Waals surface area contributed by atoms with Gasteiger partial charge in [-0.05, 0) is 49.2 Å². The van der Waals surface area contributed by atoms with E-state index >= 15 is 0 Å². The number of ketones is 1. The third-order valence-electron chi connectivity index (χ3n) is 9.10. The second-order valence-electron chi connectivity index (χ2n) is 12.2. The molecule has 0 bridgehead atoms. The zero-order valence-corrected chi connectivity index (χ0v) is 23.3. The van der Waals surface area contributed by atoms with Crippen LogP contribution in [0.4, 0.5) is 13.2 Å². The highest BCUT2D eigenvalue weighted by molar-refractivity contribution is 5.88. The number of aliphatic hydroxyl groups is 3. The molecule has 0 amide bonds. The summed E-state index contributed by atoms with van der Waals surface area (Å²) in [4.78, 5) is 30.3. The van der Waals surface area contributed by atoms with Crippen molar-refractivity contribution >= 4 is 17.8 Å². The molecule has 9 atom stereocenters. The van der Waals surface area contributed by atoms with E-state index in [1.165, 1.54) is 33.1 Å². The average molecular weight is 574 g/mol. The van der Waals surface area contributed by atoms with Crippen molar-refractivity contribution in [3.05, 3.63) is 23.4 Å². The molecule has 3 aliphatic rings. The molecule has 0 aromatic carbocycles. The Balaban J connectivity index is 1.66. The Morgan fingerprint density at radius 2 is 1.88 bits per heavy atom. The minimum atomic E-state index is -4.67. The topological polar surface area (TPSA) is 143 Å². The quantitative estimate of drug-likeness (QED) is 0.365. The van der Waals surface area contributed by atoms with E-state index in [9.17, 15) is 38.1 Å². The van der Waals surface area contributed by atoms with Gasteiger partial charge < -0.3 is 29.2 Å². The molecule has 9 nitrogen and oxygen atoms in total. The van der Waals surface area contributed by atoms with Crippen molar-refractivity contribution in [3.8, 4) is 0 Å². The van der Waals surface area contributed by atoms with E-state index in [0.29, 0.717) is 12.0 Å². The fraction of sp³-hybridized carbons (Fsp3) is 0.750. The molecule has 2 aliphatic heterocycles. The van der Waals surface area contributed by atoms with E-state index in [0.717, 1.165) is 0 Å². The van der Waals surface area contributed by atoms with Crippen LogP contribution in [0.25, 0.3) is 6.08 Å². The number of oxazole rings is 1. The molecule has 1 aromatic heterocycles. The van der Waals surface area contributed by atoms with Crippen LogP contribution in [0.3, 0.4) is 0 Å². The van der Waals surface area contributed by atoms with Gasteiger partial charge in [-0.15, -0.1) is 0 Å². The van der Waals surface area contributed by atoms with Gasteiger partial charge in [-0.2, -0.15) is 13.2 Å². The number of hydrogen-bond donors (Lipinski definition) is 3. The number of nitrogens with zero attached hydrogens (tertiary/aromatic N) is 1. The van der Waals surface area contributed by atoms with Gasteiger partial charge in [-0.25, -0.2) is 4.98 Å². The van der Waals surface area contributed by atoms with Crippen molar-refractivity contribution in [3.63, 3.8) is 0 Å². The van der Waals surface area contributed by atoms with Crippen molar-refractivity contribution in [2.75, 3.05) is 0 Å². The number of halogens is 3. The molecular weight excluding hydrogens is 535 g/mol. The lowest BCUT2D eigenvalue weighted by Crippen LogP contribution is -2.46. The van der Waals surface area contributed by atoms with E-state index in [2.05, 4.69) is 4.98 Å². The molecule has 1 aliphatic carbocycles. The minimum Gasteiger partial charge on any atom is -0.458 e. The maximum atomic E-state index is 14.3. The SMILES string of the molecule is CC(=Cc1coc(CO)n1)[C@@H]1CC2OC2(C(F)(F)F)CC2CC2[C@H](C)[C@H](O)[C@@H](C)C(=O)C(C)(C)[C@@H](O)CC(=O)O1. The molecule has 0 radical (unpaired) electrons. The fourth-order valence-electron chi connectivity index (χ4n) is 6.09. The number of carbonyl (C=O) groups is 2. The third kappa shape index (κ3) is 5.86. The van der Waals surface area contributed by atoms with Crippen LogP contribution < -0.4 is 0 Å². The third-order valence-corrected chi connectivity index (χ3v) is 9.10. The van der Waals surface area contributed by atoms with Gasteiger partial charge in [0.25, 0.3) is 0 Å². The smallest absolute Gasteiger partial charge is 0.420 e. The van der Waals surface area contributed by atoms with Crippen molar-refractivity contribution in [2.45, 2.75) is 103 Å². The Morgan fingerprint density at radius 1 is 1.20 bits per heavy atom. The van der Waals surface area contributed by atoms with Crippen LogP contribution in [0.2, 0.25) is 0 Å². The van der Waals surface area contributed by atoms with E-state index in [1.807, 2.05) is 0 Å². The van der Waals surface area contributed by atoms with Crippen LogP contribution in [-0.2, 0) is 25.7 Å². The lowest BCUT2D eigenvalue weighted by Gasteiger charge is -2.34. The number of carbonyl (C=O) groups excluding carboxylic acids is 2. The predicted molar refractivity (Wildman–Crippen MR) is 134 cm³/mol. The Hall–Kier alpha value is -2.28. The van der Waals surface area contributed by atoms with Gasteiger partial charge in [0.05, 0.1) is 24.0 Å². The largest absolute Gasteiger partial charge is 0.458 e. The Labute approximate surface area is 230 Å². The van der Waals surface area contributed by atoms with Crippen molar-refractivity contribution in [1.82, 2.24) is 4.98 Å². The Kier molecular flexibility index (Phi) is 8.32. The van der Waals surface area contributed by atoms with E-state index in [4.69, 9.17) is 13.9 Å². The van der Waals surface area contributed by atoms with Crippen LogP contribution in [0.15, 0.2) is 16.3 Å². The number of alkyl halides is 3. The summed E-state index contributed by atoms with van der Waals surface area (Å²) in [5.74, 6) is -3.23. The Morgan fingerprint density at radius 3 is 2.48 bits per heavy atom. The zero-order valence-electron chi connectivity index (χ0n) is 23.3. The number of Topliss-reactive ketones (excluding diaryl/α,β-unsaturated/α-hetero) is 1. The molecule has 224 valence electrons. The minimum absolute atomic E-state index is 0.0400. The molecule has 2 saturated heterocycles. The molecule has 3 heterocycles. The first kappa shape index (κ1) is 30.7. The first-order valence-corrected chi connectivity index (χ1v) is 13.6. The molecular formula is C28H38F3NO8. The number of cyclic esters (lactones) is 1. The van der Waals surface area contributed by atoms with Crippen LogP contribution in [0.5, 0.6) is 0 Å². The van der Waals surface area contributed by atoms with Crippen molar-refractivity contribution < 1.29 is 52.0 Å². The molecule has 3 N–H and O–H groups in total. The number of aromatic nitrogens is 1. The first-order chi connectivity index (χ1) is 18.5. The van der Waals surface area contributed by atoms with Crippen LogP contribution in [0, 0.1) is 29.1 Å². The molecule has 40 heavy (non-hydrogen) atoms. The van der Waals surface area contributed by atoms with Gasteiger partial charge in [0, 0.05) is 12.3 Å². The summed E-state index contributed by atoms with van der Waals surface area (Å²) < 4.78 is 59.1. The molecule has 12 heteroatoms. The number of fused-ring (bicyclic) bond motifs is 2. The summed E-state index contributed by atoms with van der Waals surface area (Å²) in [6, 6.07) is 0. The Bertz CT molecular complexity index is 1150. The lowest BCUT2D eigenvalue weighted by atomic mass is 9.72. The van der Waals surface area contributed by atoms with Crippen molar-refractivity contribution in [2.24, 2.45) is 29.1 Å². The number of ether oxygens (including phenoxy) is 2. The van der Waals surface area contributed by atoms with E-state index < -0.39 is 78.2 Å². The van der Waals surface area contributed by atoms with Crippen LogP contribution in [-0.4, -0.2) is 68.2 Å². The van der Waals surface area contributed by atoms with E-state index in [1.54, 1.807) is 13.8 Å². The summed E-state index contributed by atoms with van der Waals surface area (Å²) >= 11 is 0. The normalized spacial score (nSPS) is 39.2. The standard InChI is InChI=1S/C28H38F3NO8/c1-13(6-17-12-38-22(11-33)32-17)19-8-21-27(40-21,28(29,30)31)10-16-7-18(16)14(2)24(36)15(3)25(37)26(4,5)20(34)9-23(35)39-19/h6,12,14-16,18-21,24,33-34,36H,7-11H2,1-5H3/t14-,15+,16?,18?,19-,20-,21?,24-,27?/m0/s1. The highest BCUT2D eigenvalue weighted by Crippen LogP contribution is 2.61. The van der Waals surface area contributed by atoms with Gasteiger partial charge in [0.15, 0.2) is 5.60 Å². The van der Waals surface area contributed by atoms with Gasteiger partial charge in [0.1, 0.15) is 36.6 Å². The maximum Gasteiger partial charge on any atom is 0.420 e. The summed E-state index contributed by atoms with van der Waals surface area (Å²) in [5, 5.41) is 31.0. The molecule has 1 aromatic rings. The zero-order chi connectivity index (χ0) is 29.8. The summed E-state index contributed by atoms with van der Waals surface area (Å²) in [7, 11) is 0. The highest BCUT2D eigenvalue weighted by atomic mass is 19.4. The number of hydrogen-bond acceptors (Lipinski definition) is 9. The molecule has 1 saturated carbocycles. The van der Waals surface area contributed by atoms with Crippen LogP contribution in [0.1, 0.15) is 71.9 Å². The summed E-state index contributed by atoms with van der Waals surface area (Å²) in [6.07, 6.45) is -7.63. The fourth-order valence-corrected chi connectivity index (χ4v) is 6.09. The predicted octanol–water partition coefficient (Wildman–Crippen LogP) is 3.59. The molecule has 3 fully saturated rings.